The van der Waals surface area contributed by atoms with Gasteiger partial charge in [-0.05, 0) is 18.9 Å². The second-order valence-corrected chi connectivity index (χ2v) is 4.36. The summed E-state index contributed by atoms with van der Waals surface area (Å²) in [7, 11) is 0. The molecule has 3 nitrogen and oxygen atoms in total. The van der Waals surface area contributed by atoms with E-state index in [9.17, 15) is 0 Å². The second-order valence-electron chi connectivity index (χ2n) is 3.98. The zero-order valence-electron chi connectivity index (χ0n) is 9.70. The molecule has 0 fully saturated rings. The quantitative estimate of drug-likeness (QED) is 0.764. The van der Waals surface area contributed by atoms with Gasteiger partial charge >= 0.3 is 0 Å². The summed E-state index contributed by atoms with van der Waals surface area (Å²) in [4.78, 5) is 4.54. The van der Waals surface area contributed by atoms with Crippen molar-refractivity contribution in [3.63, 3.8) is 0 Å². The van der Waals surface area contributed by atoms with Crippen LogP contribution in [0.4, 0.5) is 0 Å². The van der Waals surface area contributed by atoms with Gasteiger partial charge in [0.05, 0.1) is 5.69 Å². The molecule has 0 aliphatic rings. The maximum absolute atomic E-state index is 6.17. The molecular weight excluding hydrogens is 222 g/mol. The molecule has 0 spiro atoms. The Bertz CT molecular complexity index is 490. The van der Waals surface area contributed by atoms with Gasteiger partial charge in [-0.3, -0.25) is 0 Å². The highest BCUT2D eigenvalue weighted by Crippen LogP contribution is 2.15. The van der Waals surface area contributed by atoms with Gasteiger partial charge in [0.25, 0.3) is 0 Å². The minimum absolute atomic E-state index is 0.649. The Morgan fingerprint density at radius 1 is 1.12 bits per heavy atom. The highest BCUT2D eigenvalue weighted by molar-refractivity contribution is 6.29. The van der Waals surface area contributed by atoms with Crippen LogP contribution in [0.15, 0.2) is 12.1 Å². The van der Waals surface area contributed by atoms with Crippen LogP contribution in [0.5, 0.6) is 0 Å². The van der Waals surface area contributed by atoms with Gasteiger partial charge in [-0.25, -0.2) is 9.50 Å². The van der Waals surface area contributed by atoms with Crippen LogP contribution in [0.3, 0.4) is 0 Å². The SMILES string of the molecule is CCCc1cc(Cl)n2nc(CCC)cc2n1. The van der Waals surface area contributed by atoms with E-state index in [0.717, 1.165) is 42.7 Å². The number of halogens is 1. The minimum atomic E-state index is 0.649. The largest absolute Gasteiger partial charge is 0.233 e. The monoisotopic (exact) mass is 237 g/mol. The van der Waals surface area contributed by atoms with Gasteiger partial charge in [0.15, 0.2) is 5.65 Å². The Hall–Kier alpha value is -1.09. The third kappa shape index (κ3) is 2.19. The summed E-state index contributed by atoms with van der Waals surface area (Å²) in [6.07, 6.45) is 4.10. The van der Waals surface area contributed by atoms with Crippen molar-refractivity contribution in [3.05, 3.63) is 28.7 Å². The number of aryl methyl sites for hydroxylation is 2. The molecule has 0 unspecified atom stereocenters. The Labute approximate surface area is 100 Å². The summed E-state index contributed by atoms with van der Waals surface area (Å²) in [6.45, 7) is 4.28. The molecule has 2 heterocycles. The number of hydrogen-bond acceptors (Lipinski definition) is 2. The van der Waals surface area contributed by atoms with Crippen molar-refractivity contribution < 1.29 is 0 Å². The Morgan fingerprint density at radius 3 is 2.50 bits per heavy atom. The lowest BCUT2D eigenvalue weighted by Gasteiger charge is -2.00. The molecule has 86 valence electrons. The average molecular weight is 238 g/mol. The van der Waals surface area contributed by atoms with Gasteiger partial charge < -0.3 is 0 Å². The molecule has 16 heavy (non-hydrogen) atoms. The van der Waals surface area contributed by atoms with E-state index >= 15 is 0 Å². The first kappa shape index (κ1) is 11.4. The number of nitrogens with zero attached hydrogens (tertiary/aromatic N) is 3. The van der Waals surface area contributed by atoms with Crippen molar-refractivity contribution >= 4 is 17.2 Å². The molecule has 0 aliphatic heterocycles. The van der Waals surface area contributed by atoms with E-state index in [2.05, 4.69) is 23.9 Å². The van der Waals surface area contributed by atoms with Gasteiger partial charge in [0, 0.05) is 11.8 Å². The zero-order valence-corrected chi connectivity index (χ0v) is 10.5. The fraction of sp³-hybridized carbons (Fsp3) is 0.500. The molecule has 0 amide bonds. The lowest BCUT2D eigenvalue weighted by Crippen LogP contribution is -1.97. The van der Waals surface area contributed by atoms with E-state index in [4.69, 9.17) is 11.6 Å². The van der Waals surface area contributed by atoms with Gasteiger partial charge in [-0.15, -0.1) is 0 Å². The molecule has 0 N–H and O–H groups in total. The van der Waals surface area contributed by atoms with Crippen molar-refractivity contribution in [2.24, 2.45) is 0 Å². The fourth-order valence-electron chi connectivity index (χ4n) is 1.80. The first-order chi connectivity index (χ1) is 7.74. The first-order valence-corrected chi connectivity index (χ1v) is 6.16. The molecule has 2 rings (SSSR count). The molecule has 0 atom stereocenters. The third-order valence-corrected chi connectivity index (χ3v) is 2.77. The topological polar surface area (TPSA) is 30.2 Å². The van der Waals surface area contributed by atoms with Crippen LogP contribution in [-0.4, -0.2) is 14.6 Å². The highest BCUT2D eigenvalue weighted by Gasteiger charge is 2.07. The summed E-state index contributed by atoms with van der Waals surface area (Å²) in [6, 6.07) is 3.93. The Kier molecular flexibility index (Phi) is 3.44. The number of rotatable bonds is 4. The lowest BCUT2D eigenvalue weighted by molar-refractivity contribution is 0.821. The summed E-state index contributed by atoms with van der Waals surface area (Å²) in [5.41, 5.74) is 2.97. The number of aromatic nitrogens is 3. The van der Waals surface area contributed by atoms with Crippen LogP contribution in [-0.2, 0) is 12.8 Å². The van der Waals surface area contributed by atoms with E-state index in [1.165, 1.54) is 0 Å². The molecule has 0 saturated carbocycles. The fourth-order valence-corrected chi connectivity index (χ4v) is 2.05. The molecule has 4 heteroatoms. The van der Waals surface area contributed by atoms with Crippen molar-refractivity contribution in [1.29, 1.82) is 0 Å². The molecule has 0 aliphatic carbocycles. The molecule has 2 aromatic heterocycles. The van der Waals surface area contributed by atoms with Crippen molar-refractivity contribution in [1.82, 2.24) is 14.6 Å². The predicted octanol–water partition coefficient (Wildman–Crippen LogP) is 3.29. The van der Waals surface area contributed by atoms with Crippen LogP contribution >= 0.6 is 11.6 Å². The van der Waals surface area contributed by atoms with Gasteiger partial charge in [-0.2, -0.15) is 5.10 Å². The van der Waals surface area contributed by atoms with Crippen LogP contribution in [0.1, 0.15) is 38.1 Å². The van der Waals surface area contributed by atoms with Crippen molar-refractivity contribution in [2.45, 2.75) is 39.5 Å². The van der Waals surface area contributed by atoms with E-state index in [0.29, 0.717) is 5.15 Å². The Balaban J connectivity index is 2.45. The summed E-state index contributed by atoms with van der Waals surface area (Å²) in [5, 5.41) is 5.07. The van der Waals surface area contributed by atoms with Crippen LogP contribution in [0.2, 0.25) is 5.15 Å². The molecule has 0 aromatic carbocycles. The van der Waals surface area contributed by atoms with Crippen LogP contribution in [0.25, 0.3) is 5.65 Å². The van der Waals surface area contributed by atoms with Gasteiger partial charge in [0.1, 0.15) is 5.15 Å². The normalized spacial score (nSPS) is 11.2. The van der Waals surface area contributed by atoms with E-state index in [1.54, 1.807) is 4.52 Å². The average Bonchev–Trinajstić information content (AvgIpc) is 2.62. The van der Waals surface area contributed by atoms with Crippen molar-refractivity contribution in [3.8, 4) is 0 Å². The molecule has 0 radical (unpaired) electrons. The molecule has 0 saturated heterocycles. The summed E-state index contributed by atoms with van der Waals surface area (Å²) < 4.78 is 1.71. The number of hydrogen-bond donors (Lipinski definition) is 0. The Morgan fingerprint density at radius 2 is 1.81 bits per heavy atom. The third-order valence-electron chi connectivity index (χ3n) is 2.50. The van der Waals surface area contributed by atoms with E-state index in [-0.39, 0.29) is 0 Å². The van der Waals surface area contributed by atoms with E-state index < -0.39 is 0 Å². The second kappa shape index (κ2) is 4.83. The predicted molar refractivity (Wildman–Crippen MR) is 66.0 cm³/mol. The highest BCUT2D eigenvalue weighted by atomic mass is 35.5. The van der Waals surface area contributed by atoms with Crippen LogP contribution in [0, 0.1) is 0 Å². The summed E-state index contributed by atoms with van der Waals surface area (Å²) in [5.74, 6) is 0. The van der Waals surface area contributed by atoms with Crippen LogP contribution < -0.4 is 0 Å². The molecule has 0 bridgehead atoms. The summed E-state index contributed by atoms with van der Waals surface area (Å²) >= 11 is 6.17. The number of fused-ring (bicyclic) bond motifs is 1. The van der Waals surface area contributed by atoms with Gasteiger partial charge in [-0.1, -0.05) is 38.3 Å². The standard InChI is InChI=1S/C12H16ClN3/c1-3-5-9-7-11(13)16-12(14-9)8-10(15-16)6-4-2/h7-8H,3-6H2,1-2H3. The maximum atomic E-state index is 6.17. The lowest BCUT2D eigenvalue weighted by atomic mass is 10.2. The molecular formula is C12H16ClN3. The van der Waals surface area contributed by atoms with Crippen molar-refractivity contribution in [2.75, 3.05) is 0 Å². The van der Waals surface area contributed by atoms with E-state index in [1.807, 2.05) is 12.1 Å². The zero-order chi connectivity index (χ0) is 11.5. The maximum Gasteiger partial charge on any atom is 0.157 e. The first-order valence-electron chi connectivity index (χ1n) is 5.78. The minimum Gasteiger partial charge on any atom is -0.233 e. The van der Waals surface area contributed by atoms with Gasteiger partial charge in [0.2, 0.25) is 0 Å². The smallest absolute Gasteiger partial charge is 0.157 e. The molecule has 2 aromatic rings.